The smallest absolute Gasteiger partial charge is 0.262 e. The van der Waals surface area contributed by atoms with E-state index in [-0.39, 0.29) is 29.0 Å². The molecule has 3 aromatic rings. The Hall–Kier alpha value is -4.15. The molecule has 0 bridgehead atoms. The van der Waals surface area contributed by atoms with Crippen LogP contribution in [0.3, 0.4) is 0 Å². The lowest BCUT2D eigenvalue weighted by atomic mass is 10.1. The Morgan fingerprint density at radius 2 is 1.82 bits per heavy atom. The van der Waals surface area contributed by atoms with E-state index in [1.165, 1.54) is 36.4 Å². The first-order valence-corrected chi connectivity index (χ1v) is 10.7. The molecule has 0 heterocycles. The number of ether oxygens (including phenoxy) is 1. The fourth-order valence-electron chi connectivity index (χ4n) is 3.01. The number of carbonyl (C=O) groups excluding carboxylic acids is 2. The zero-order chi connectivity index (χ0) is 24.5. The van der Waals surface area contributed by atoms with Gasteiger partial charge in [0, 0.05) is 5.69 Å². The van der Waals surface area contributed by atoms with E-state index in [1.807, 2.05) is 43.3 Å². The topological polar surface area (TPSA) is 91.2 Å². The summed E-state index contributed by atoms with van der Waals surface area (Å²) in [6.45, 7) is 1.52. The molecule has 1 atom stereocenters. The predicted octanol–water partition coefficient (Wildman–Crippen LogP) is 5.28. The van der Waals surface area contributed by atoms with Crippen molar-refractivity contribution in [2.24, 2.45) is 0 Å². The molecular weight excluding hydrogens is 457 g/mol. The monoisotopic (exact) mass is 477 g/mol. The second-order valence-corrected chi connectivity index (χ2v) is 7.72. The Morgan fingerprint density at radius 1 is 1.12 bits per heavy atom. The first-order valence-electron chi connectivity index (χ1n) is 10.3. The van der Waals surface area contributed by atoms with Crippen molar-refractivity contribution in [2.45, 2.75) is 13.0 Å². The Morgan fingerprint density at radius 3 is 2.47 bits per heavy atom. The summed E-state index contributed by atoms with van der Waals surface area (Å²) in [7, 11) is 0. The van der Waals surface area contributed by atoms with Crippen LogP contribution in [0.4, 0.5) is 10.1 Å². The van der Waals surface area contributed by atoms with Gasteiger partial charge in [-0.25, -0.2) is 4.39 Å². The van der Waals surface area contributed by atoms with E-state index in [4.69, 9.17) is 16.3 Å². The molecule has 34 heavy (non-hydrogen) atoms. The van der Waals surface area contributed by atoms with Crippen LogP contribution in [0.2, 0.25) is 5.02 Å². The molecule has 3 aromatic carbocycles. The number of nitrogens with zero attached hydrogens (tertiary/aromatic N) is 1. The van der Waals surface area contributed by atoms with E-state index in [1.54, 1.807) is 12.1 Å². The number of halogens is 2. The molecular formula is C26H21ClFN3O3. The van der Waals surface area contributed by atoms with Gasteiger partial charge in [0.15, 0.2) is 6.61 Å². The first kappa shape index (κ1) is 24.5. The molecule has 172 valence electrons. The lowest BCUT2D eigenvalue weighted by Gasteiger charge is -2.14. The van der Waals surface area contributed by atoms with Gasteiger partial charge in [-0.1, -0.05) is 48.0 Å². The van der Waals surface area contributed by atoms with E-state index in [0.717, 1.165) is 5.56 Å². The maximum Gasteiger partial charge on any atom is 0.262 e. The van der Waals surface area contributed by atoms with Crippen LogP contribution in [-0.4, -0.2) is 18.4 Å². The highest BCUT2D eigenvalue weighted by Gasteiger charge is 2.14. The maximum atomic E-state index is 12.9. The minimum Gasteiger partial charge on any atom is -0.482 e. The van der Waals surface area contributed by atoms with Crippen molar-refractivity contribution < 1.29 is 18.7 Å². The minimum absolute atomic E-state index is 0.0776. The van der Waals surface area contributed by atoms with Gasteiger partial charge in [0.05, 0.1) is 11.1 Å². The zero-order valence-electron chi connectivity index (χ0n) is 18.2. The molecule has 0 spiro atoms. The molecule has 0 saturated heterocycles. The lowest BCUT2D eigenvalue weighted by molar-refractivity contribution is -0.118. The summed E-state index contributed by atoms with van der Waals surface area (Å²) < 4.78 is 18.4. The number of amides is 2. The summed E-state index contributed by atoms with van der Waals surface area (Å²) in [5.41, 5.74) is 1.80. The summed E-state index contributed by atoms with van der Waals surface area (Å²) in [5, 5.41) is 15.0. The van der Waals surface area contributed by atoms with Gasteiger partial charge in [-0.05, 0) is 60.5 Å². The number of hydrogen-bond donors (Lipinski definition) is 2. The Labute approximate surface area is 201 Å². The Balaban J connectivity index is 1.61. The Kier molecular flexibility index (Phi) is 8.38. The van der Waals surface area contributed by atoms with Crippen LogP contribution in [0.5, 0.6) is 5.75 Å². The molecule has 0 aliphatic rings. The number of carbonyl (C=O) groups is 2. The van der Waals surface area contributed by atoms with Crippen molar-refractivity contribution in [1.29, 1.82) is 5.26 Å². The second kappa shape index (κ2) is 11.6. The van der Waals surface area contributed by atoms with Gasteiger partial charge in [-0.2, -0.15) is 5.26 Å². The van der Waals surface area contributed by atoms with Crippen LogP contribution in [0, 0.1) is 17.1 Å². The number of nitrogens with one attached hydrogen (secondary N) is 2. The van der Waals surface area contributed by atoms with Crippen molar-refractivity contribution >= 4 is 35.2 Å². The molecule has 0 saturated carbocycles. The van der Waals surface area contributed by atoms with Crippen molar-refractivity contribution in [1.82, 2.24) is 5.32 Å². The predicted molar refractivity (Wildman–Crippen MR) is 129 cm³/mol. The first-order chi connectivity index (χ1) is 16.4. The van der Waals surface area contributed by atoms with Crippen LogP contribution in [0.1, 0.15) is 24.1 Å². The third-order valence-electron chi connectivity index (χ3n) is 4.77. The van der Waals surface area contributed by atoms with Crippen molar-refractivity contribution in [3.05, 3.63) is 100 Å². The number of benzene rings is 3. The van der Waals surface area contributed by atoms with Gasteiger partial charge < -0.3 is 15.4 Å². The summed E-state index contributed by atoms with van der Waals surface area (Å²) in [6.07, 6.45) is 1.42. The van der Waals surface area contributed by atoms with Gasteiger partial charge in [0.2, 0.25) is 0 Å². The molecule has 0 unspecified atom stereocenters. The van der Waals surface area contributed by atoms with Gasteiger partial charge in [0.1, 0.15) is 23.2 Å². The summed E-state index contributed by atoms with van der Waals surface area (Å²) in [4.78, 5) is 24.6. The summed E-state index contributed by atoms with van der Waals surface area (Å²) in [5.74, 6) is -1.10. The average Bonchev–Trinajstić information content (AvgIpc) is 2.83. The van der Waals surface area contributed by atoms with E-state index in [2.05, 4.69) is 10.6 Å². The molecule has 8 heteroatoms. The summed E-state index contributed by atoms with van der Waals surface area (Å²) in [6, 6.07) is 21.1. The normalized spacial score (nSPS) is 11.8. The Bertz CT molecular complexity index is 1240. The van der Waals surface area contributed by atoms with Crippen molar-refractivity contribution in [2.75, 3.05) is 11.9 Å². The molecule has 3 rings (SSSR count). The van der Waals surface area contributed by atoms with E-state index >= 15 is 0 Å². The van der Waals surface area contributed by atoms with Crippen LogP contribution in [-0.2, 0) is 9.59 Å². The maximum absolute atomic E-state index is 12.9. The van der Waals surface area contributed by atoms with E-state index in [0.29, 0.717) is 11.3 Å². The van der Waals surface area contributed by atoms with Crippen LogP contribution in [0.25, 0.3) is 6.08 Å². The van der Waals surface area contributed by atoms with Crippen LogP contribution in [0.15, 0.2) is 78.4 Å². The number of nitriles is 1. The highest BCUT2D eigenvalue weighted by atomic mass is 35.5. The minimum atomic E-state index is -0.507. The third-order valence-corrected chi connectivity index (χ3v) is 5.06. The van der Waals surface area contributed by atoms with Crippen LogP contribution >= 0.6 is 11.6 Å². The van der Waals surface area contributed by atoms with Crippen molar-refractivity contribution in [3.63, 3.8) is 0 Å². The van der Waals surface area contributed by atoms with Crippen LogP contribution < -0.4 is 15.4 Å². The highest BCUT2D eigenvalue weighted by Crippen LogP contribution is 2.26. The largest absolute Gasteiger partial charge is 0.482 e. The van der Waals surface area contributed by atoms with Gasteiger partial charge in [-0.3, -0.25) is 9.59 Å². The second-order valence-electron chi connectivity index (χ2n) is 7.31. The van der Waals surface area contributed by atoms with Gasteiger partial charge in [-0.15, -0.1) is 0 Å². The molecule has 0 aliphatic carbocycles. The fraction of sp³-hybridized carbons (Fsp3) is 0.115. The quantitative estimate of drug-likeness (QED) is 0.341. The highest BCUT2D eigenvalue weighted by molar-refractivity contribution is 6.32. The molecule has 2 N–H and O–H groups in total. The molecule has 0 aromatic heterocycles. The number of hydrogen-bond acceptors (Lipinski definition) is 4. The SMILES string of the molecule is C[C@H](NC(=O)/C(C#N)=C\c1ccc(OCC(=O)Nc2ccc(F)cc2)c(Cl)c1)c1ccccc1. The third kappa shape index (κ3) is 6.92. The summed E-state index contributed by atoms with van der Waals surface area (Å²) >= 11 is 6.25. The molecule has 0 radical (unpaired) electrons. The number of anilines is 1. The molecule has 0 aliphatic heterocycles. The molecule has 6 nitrogen and oxygen atoms in total. The average molecular weight is 478 g/mol. The number of rotatable bonds is 8. The molecule has 2 amide bonds. The van der Waals surface area contributed by atoms with Gasteiger partial charge >= 0.3 is 0 Å². The van der Waals surface area contributed by atoms with Gasteiger partial charge in [0.25, 0.3) is 11.8 Å². The van der Waals surface area contributed by atoms with E-state index < -0.39 is 17.6 Å². The zero-order valence-corrected chi connectivity index (χ0v) is 19.0. The standard InChI is InChI=1S/C26H21ClFN3O3/c1-17(19-5-3-2-4-6-19)30-26(33)20(15-29)13-18-7-12-24(23(27)14-18)34-16-25(32)31-22-10-8-21(28)9-11-22/h2-14,17H,16H2,1H3,(H,30,33)(H,31,32)/b20-13-/t17-/m0/s1. The molecule has 0 fully saturated rings. The van der Waals surface area contributed by atoms with Crippen molar-refractivity contribution in [3.8, 4) is 11.8 Å². The lowest BCUT2D eigenvalue weighted by Crippen LogP contribution is -2.27. The van der Waals surface area contributed by atoms with E-state index in [9.17, 15) is 19.2 Å². The fourth-order valence-corrected chi connectivity index (χ4v) is 3.26.